The van der Waals surface area contributed by atoms with Crippen molar-refractivity contribution in [3.63, 3.8) is 0 Å². The summed E-state index contributed by atoms with van der Waals surface area (Å²) in [5.41, 5.74) is 2.56. The van der Waals surface area contributed by atoms with E-state index in [0.717, 1.165) is 26.6 Å². The number of thiophene rings is 1. The van der Waals surface area contributed by atoms with Gasteiger partial charge in [0.25, 0.3) is 0 Å². The van der Waals surface area contributed by atoms with Crippen molar-refractivity contribution in [2.45, 2.75) is 0 Å². The molecule has 0 unspecified atom stereocenters. The average molecular weight is 745 g/mol. The van der Waals surface area contributed by atoms with Crippen molar-refractivity contribution in [2.24, 2.45) is 0 Å². The molecule has 0 fully saturated rings. The van der Waals surface area contributed by atoms with Gasteiger partial charge in [0.1, 0.15) is 0 Å². The lowest BCUT2D eigenvalue weighted by Gasteiger charge is -2.16. The number of rotatable bonds is 6. The molecule has 0 amide bonds. The Morgan fingerprint density at radius 2 is 1.04 bits per heavy atom. The third-order valence-corrected chi connectivity index (χ3v) is 10.9. The lowest BCUT2D eigenvalue weighted by atomic mass is 9.99. The van der Waals surface area contributed by atoms with E-state index < -0.39 is 83.6 Å². The molecule has 0 bridgehead atoms. The van der Waals surface area contributed by atoms with Gasteiger partial charge in [-0.05, 0) is 77.3 Å². The Morgan fingerprint density at radius 3 is 1.84 bits per heavy atom. The van der Waals surface area contributed by atoms with Crippen LogP contribution in [0.4, 0.5) is 0 Å². The minimum Gasteiger partial charge on any atom is -0.309 e. The molecule has 0 aliphatic carbocycles. The van der Waals surface area contributed by atoms with Crippen molar-refractivity contribution in [2.75, 3.05) is 0 Å². The molecule has 0 radical (unpaired) electrons. The van der Waals surface area contributed by atoms with Gasteiger partial charge in [-0.2, -0.15) is 0 Å². The molecule has 0 saturated carbocycles. The van der Waals surface area contributed by atoms with E-state index in [0.29, 0.717) is 39.9 Å². The maximum atomic E-state index is 9.65. The second-order valence-corrected chi connectivity index (χ2v) is 14.2. The number of hydrogen-bond acceptors (Lipinski definition) is 4. The Hall–Kier alpha value is -7.21. The zero-order valence-electron chi connectivity index (χ0n) is 41.2. The quantitative estimate of drug-likeness (QED) is 0.170. The Labute approximate surface area is 344 Å². The highest BCUT2D eigenvalue weighted by atomic mass is 32.1. The molecule has 11 rings (SSSR count). The summed E-state index contributed by atoms with van der Waals surface area (Å²) >= 11 is 1.71. The van der Waals surface area contributed by atoms with E-state index in [-0.39, 0.29) is 21.8 Å². The molecule has 0 atom stereocenters. The molecule has 11 aromatic rings. The minimum atomic E-state index is -0.693. The van der Waals surface area contributed by atoms with Crippen LogP contribution in [0, 0.1) is 0 Å². The van der Waals surface area contributed by atoms with Crippen molar-refractivity contribution in [1.82, 2.24) is 19.5 Å². The summed E-state index contributed by atoms with van der Waals surface area (Å²) in [6.07, 6.45) is 0. The van der Waals surface area contributed by atoms with Crippen LogP contribution in [0.2, 0.25) is 0 Å². The third kappa shape index (κ3) is 5.48. The van der Waals surface area contributed by atoms with Crippen LogP contribution >= 0.6 is 11.3 Å². The largest absolute Gasteiger partial charge is 0.309 e. The lowest BCUT2D eigenvalue weighted by Crippen LogP contribution is -2.02. The topological polar surface area (TPSA) is 43.6 Å². The molecular formula is C51H32N4S. The monoisotopic (exact) mass is 744 g/mol. The number of aromatic nitrogens is 4. The highest BCUT2D eigenvalue weighted by Crippen LogP contribution is 2.40. The predicted molar refractivity (Wildman–Crippen MR) is 234 cm³/mol. The fourth-order valence-corrected chi connectivity index (χ4v) is 8.28. The Morgan fingerprint density at radius 1 is 0.411 bits per heavy atom. The third-order valence-electron chi connectivity index (χ3n) is 9.79. The summed E-state index contributed by atoms with van der Waals surface area (Å²) in [6, 6.07) is 31.3. The van der Waals surface area contributed by atoms with Crippen molar-refractivity contribution < 1.29 is 16.4 Å². The first-order chi connectivity index (χ1) is 32.7. The second kappa shape index (κ2) is 13.3. The summed E-state index contributed by atoms with van der Waals surface area (Å²) < 4.78 is 111. The van der Waals surface area contributed by atoms with Gasteiger partial charge in [-0.25, -0.2) is 15.0 Å². The maximum absolute atomic E-state index is 9.65. The van der Waals surface area contributed by atoms with Crippen molar-refractivity contribution in [3.05, 3.63) is 194 Å². The molecule has 56 heavy (non-hydrogen) atoms. The van der Waals surface area contributed by atoms with Gasteiger partial charge in [-0.15, -0.1) is 11.3 Å². The molecule has 0 aliphatic rings. The smallest absolute Gasteiger partial charge is 0.164 e. The molecule has 4 nitrogen and oxygen atoms in total. The fourth-order valence-electron chi connectivity index (χ4n) is 7.19. The van der Waals surface area contributed by atoms with Crippen LogP contribution in [0.1, 0.15) is 16.4 Å². The first-order valence-electron chi connectivity index (χ1n) is 23.8. The van der Waals surface area contributed by atoms with Crippen molar-refractivity contribution in [3.8, 4) is 62.1 Å². The predicted octanol–water partition coefficient (Wildman–Crippen LogP) is 13.7. The summed E-state index contributed by atoms with van der Waals surface area (Å²) in [7, 11) is 0. The minimum absolute atomic E-state index is 0.0827. The van der Waals surface area contributed by atoms with Crippen LogP contribution in [0.15, 0.2) is 194 Å². The Balaban J connectivity index is 1.21. The standard InChI is InChI=1S/C51H32N4S/c1-4-14-33(15-5-1)36-24-27-46-42(30-36)39-20-10-12-22-44(39)55(46)45-28-25-37(31-41(45)34-16-6-2-7-17-34)50-52-49(35-18-8-3-9-19-35)53-51(54-50)38-26-29-48-43(32-38)40-21-11-13-23-47(40)56-48/h1-32H/i1D,4D,5D,10D,12D,14D,15D,20D,22D,24D,27D,30D. The number of benzene rings is 8. The zero-order valence-corrected chi connectivity index (χ0v) is 30.1. The first kappa shape index (κ1) is 22.2. The van der Waals surface area contributed by atoms with E-state index in [1.807, 2.05) is 84.9 Å². The zero-order chi connectivity index (χ0) is 47.4. The van der Waals surface area contributed by atoms with Crippen LogP contribution in [0.3, 0.4) is 0 Å². The molecule has 3 heterocycles. The molecule has 0 saturated heterocycles. The Bertz CT molecular complexity index is 3920. The molecule has 8 aromatic carbocycles. The number of fused-ring (bicyclic) bond motifs is 6. The average Bonchev–Trinajstić information content (AvgIpc) is 3.93. The number of para-hydroxylation sites is 1. The molecule has 262 valence electrons. The van der Waals surface area contributed by atoms with Crippen LogP contribution < -0.4 is 0 Å². The summed E-state index contributed by atoms with van der Waals surface area (Å²) in [4.78, 5) is 15.1. The second-order valence-electron chi connectivity index (χ2n) is 13.1. The van der Waals surface area contributed by atoms with Crippen molar-refractivity contribution >= 4 is 53.3 Å². The van der Waals surface area contributed by atoms with E-state index in [1.54, 1.807) is 23.5 Å². The fraction of sp³-hybridized carbons (Fsp3) is 0. The van der Waals surface area contributed by atoms with E-state index in [4.69, 9.17) is 24.5 Å². The lowest BCUT2D eigenvalue weighted by molar-refractivity contribution is 1.07. The molecule has 0 aliphatic heterocycles. The normalized spacial score (nSPS) is 14.6. The van der Waals surface area contributed by atoms with Crippen molar-refractivity contribution in [1.29, 1.82) is 0 Å². The van der Waals surface area contributed by atoms with Gasteiger partial charge >= 0.3 is 0 Å². The van der Waals surface area contributed by atoms with Gasteiger partial charge in [-0.3, -0.25) is 0 Å². The molecule has 0 N–H and O–H groups in total. The van der Waals surface area contributed by atoms with Gasteiger partial charge < -0.3 is 4.57 Å². The van der Waals surface area contributed by atoms with E-state index in [2.05, 4.69) is 24.3 Å². The maximum Gasteiger partial charge on any atom is 0.164 e. The molecule has 3 aromatic heterocycles. The SMILES string of the molecule is [2H]c1c([2H])c([2H])c(-c2c([2H])c([2H])c3c(c2[2H])c2c([2H])c([2H])c([2H])c([2H])c2n3-c2ccc(-c3nc(-c4ccccc4)nc(-c4ccc5sc6ccccc6c5c4)n3)cc2-c2ccccc2)c([2H])c1[2H]. The molecular weight excluding hydrogens is 701 g/mol. The van der Waals surface area contributed by atoms with E-state index >= 15 is 0 Å². The number of nitrogens with zero attached hydrogens (tertiary/aromatic N) is 4. The molecule has 5 heteroatoms. The first-order valence-corrected chi connectivity index (χ1v) is 18.6. The van der Waals surface area contributed by atoms with Gasteiger partial charge in [0, 0.05) is 53.2 Å². The van der Waals surface area contributed by atoms with Crippen LogP contribution in [0.25, 0.3) is 104 Å². The summed E-state index contributed by atoms with van der Waals surface area (Å²) in [5.74, 6) is 1.21. The highest BCUT2D eigenvalue weighted by molar-refractivity contribution is 7.25. The van der Waals surface area contributed by atoms with Gasteiger partial charge in [0.05, 0.1) is 33.2 Å². The summed E-state index contributed by atoms with van der Waals surface area (Å²) in [5, 5.41) is 1.92. The number of hydrogen-bond donors (Lipinski definition) is 0. The van der Waals surface area contributed by atoms with Gasteiger partial charge in [0.2, 0.25) is 0 Å². The highest BCUT2D eigenvalue weighted by Gasteiger charge is 2.19. The van der Waals surface area contributed by atoms with E-state index in [9.17, 15) is 6.85 Å². The van der Waals surface area contributed by atoms with Crippen LogP contribution in [0.5, 0.6) is 0 Å². The van der Waals surface area contributed by atoms with Gasteiger partial charge in [0.15, 0.2) is 17.5 Å². The molecule has 0 spiro atoms. The van der Waals surface area contributed by atoms with Gasteiger partial charge in [-0.1, -0.05) is 133 Å². The van der Waals surface area contributed by atoms with E-state index in [1.165, 1.54) is 9.27 Å². The van der Waals surface area contributed by atoms with Crippen LogP contribution in [-0.4, -0.2) is 19.5 Å². The van der Waals surface area contributed by atoms with Crippen LogP contribution in [-0.2, 0) is 0 Å². The Kier molecular flexibility index (Phi) is 5.27. The summed E-state index contributed by atoms with van der Waals surface area (Å²) in [6.45, 7) is 0.